The first-order valence-corrected chi connectivity index (χ1v) is 6.99. The van der Waals surface area contributed by atoms with Crippen LogP contribution in [0.4, 0.5) is 4.39 Å². The molecule has 1 aromatic carbocycles. The predicted molar refractivity (Wildman–Crippen MR) is 72.4 cm³/mol. The van der Waals surface area contributed by atoms with E-state index in [1.807, 2.05) is 6.07 Å². The van der Waals surface area contributed by atoms with Gasteiger partial charge >= 0.3 is 5.97 Å². The SMILES string of the molecule is COC(=O)CCC1(c2cccc(F)c2)CCCCC1. The molecular weight excluding hydrogens is 243 g/mol. The first-order valence-electron chi connectivity index (χ1n) is 6.99. The Hall–Kier alpha value is -1.38. The molecule has 2 rings (SSSR count). The van der Waals surface area contributed by atoms with Crippen molar-refractivity contribution in [3.05, 3.63) is 35.6 Å². The van der Waals surface area contributed by atoms with E-state index in [2.05, 4.69) is 0 Å². The van der Waals surface area contributed by atoms with Gasteiger partial charge in [-0.05, 0) is 42.4 Å². The van der Waals surface area contributed by atoms with E-state index >= 15 is 0 Å². The van der Waals surface area contributed by atoms with Crippen LogP contribution in [-0.4, -0.2) is 13.1 Å². The lowest BCUT2D eigenvalue weighted by atomic mass is 9.67. The molecule has 19 heavy (non-hydrogen) atoms. The van der Waals surface area contributed by atoms with Crippen molar-refractivity contribution in [3.8, 4) is 0 Å². The molecule has 0 unspecified atom stereocenters. The third kappa shape index (κ3) is 3.34. The Morgan fingerprint density at radius 2 is 2.05 bits per heavy atom. The molecule has 0 aliphatic heterocycles. The lowest BCUT2D eigenvalue weighted by molar-refractivity contribution is -0.141. The Morgan fingerprint density at radius 1 is 1.32 bits per heavy atom. The molecule has 0 aromatic heterocycles. The Bertz CT molecular complexity index is 436. The zero-order chi connectivity index (χ0) is 13.7. The number of halogens is 1. The van der Waals surface area contributed by atoms with Crippen LogP contribution in [0.2, 0.25) is 0 Å². The smallest absolute Gasteiger partial charge is 0.305 e. The van der Waals surface area contributed by atoms with Crippen molar-refractivity contribution in [2.75, 3.05) is 7.11 Å². The average molecular weight is 264 g/mol. The Morgan fingerprint density at radius 3 is 2.68 bits per heavy atom. The van der Waals surface area contributed by atoms with Crippen LogP contribution in [0, 0.1) is 5.82 Å². The van der Waals surface area contributed by atoms with Crippen molar-refractivity contribution >= 4 is 5.97 Å². The number of hydrogen-bond acceptors (Lipinski definition) is 2. The fraction of sp³-hybridized carbons (Fsp3) is 0.562. The van der Waals surface area contributed by atoms with Crippen LogP contribution in [0.25, 0.3) is 0 Å². The molecule has 0 atom stereocenters. The van der Waals surface area contributed by atoms with Crippen LogP contribution in [0.3, 0.4) is 0 Å². The normalized spacial score (nSPS) is 18.0. The Balaban J connectivity index is 2.21. The van der Waals surface area contributed by atoms with E-state index in [1.165, 1.54) is 19.6 Å². The molecule has 1 aromatic rings. The molecule has 0 heterocycles. The minimum Gasteiger partial charge on any atom is -0.469 e. The van der Waals surface area contributed by atoms with Crippen molar-refractivity contribution in [2.24, 2.45) is 0 Å². The standard InChI is InChI=1S/C16H21FO2/c1-19-15(18)8-11-16(9-3-2-4-10-16)13-6-5-7-14(17)12-13/h5-7,12H,2-4,8-11H2,1H3. The predicted octanol–water partition coefficient (Wildman–Crippen LogP) is 3.98. The fourth-order valence-electron chi connectivity index (χ4n) is 3.17. The van der Waals surface area contributed by atoms with Gasteiger partial charge in [-0.25, -0.2) is 4.39 Å². The molecule has 0 radical (unpaired) electrons. The average Bonchev–Trinajstić information content (AvgIpc) is 2.46. The molecule has 0 amide bonds. The van der Waals surface area contributed by atoms with Gasteiger partial charge < -0.3 is 4.74 Å². The van der Waals surface area contributed by atoms with Gasteiger partial charge in [-0.2, -0.15) is 0 Å². The van der Waals surface area contributed by atoms with Crippen molar-refractivity contribution in [2.45, 2.75) is 50.4 Å². The van der Waals surface area contributed by atoms with Crippen LogP contribution in [0.5, 0.6) is 0 Å². The highest BCUT2D eigenvalue weighted by molar-refractivity contribution is 5.69. The highest BCUT2D eigenvalue weighted by atomic mass is 19.1. The summed E-state index contributed by atoms with van der Waals surface area (Å²) >= 11 is 0. The van der Waals surface area contributed by atoms with Crippen LogP contribution in [0.15, 0.2) is 24.3 Å². The maximum Gasteiger partial charge on any atom is 0.305 e. The summed E-state index contributed by atoms with van der Waals surface area (Å²) in [7, 11) is 1.41. The first-order chi connectivity index (χ1) is 9.16. The van der Waals surface area contributed by atoms with E-state index in [4.69, 9.17) is 4.74 Å². The van der Waals surface area contributed by atoms with Crippen LogP contribution in [-0.2, 0) is 14.9 Å². The summed E-state index contributed by atoms with van der Waals surface area (Å²) in [5, 5.41) is 0. The molecule has 0 saturated heterocycles. The number of rotatable bonds is 4. The van der Waals surface area contributed by atoms with Gasteiger partial charge in [0.2, 0.25) is 0 Å². The molecule has 3 heteroatoms. The molecule has 1 aliphatic carbocycles. The Labute approximate surface area is 114 Å². The second kappa shape index (κ2) is 6.18. The molecule has 1 aliphatic rings. The zero-order valence-electron chi connectivity index (χ0n) is 11.5. The summed E-state index contributed by atoms with van der Waals surface area (Å²) in [6.07, 6.45) is 6.77. The van der Waals surface area contributed by atoms with Crippen LogP contribution in [0.1, 0.15) is 50.5 Å². The Kier molecular flexibility index (Phi) is 4.56. The van der Waals surface area contributed by atoms with Gasteiger partial charge in [0.05, 0.1) is 7.11 Å². The van der Waals surface area contributed by atoms with Crippen molar-refractivity contribution in [1.82, 2.24) is 0 Å². The molecule has 1 saturated carbocycles. The van der Waals surface area contributed by atoms with E-state index < -0.39 is 0 Å². The molecule has 2 nitrogen and oxygen atoms in total. The summed E-state index contributed by atoms with van der Waals surface area (Å²) < 4.78 is 18.2. The summed E-state index contributed by atoms with van der Waals surface area (Å²) in [6, 6.07) is 6.85. The maximum atomic E-state index is 13.5. The summed E-state index contributed by atoms with van der Waals surface area (Å²) in [5.41, 5.74) is 0.991. The molecule has 0 bridgehead atoms. The van der Waals surface area contributed by atoms with Crippen LogP contribution < -0.4 is 0 Å². The van der Waals surface area contributed by atoms with Crippen molar-refractivity contribution in [3.63, 3.8) is 0 Å². The summed E-state index contributed by atoms with van der Waals surface area (Å²) in [6.45, 7) is 0. The van der Waals surface area contributed by atoms with Gasteiger partial charge in [0.25, 0.3) is 0 Å². The van der Waals surface area contributed by atoms with Gasteiger partial charge in [0, 0.05) is 6.42 Å². The molecule has 0 N–H and O–H groups in total. The molecule has 104 valence electrons. The third-order valence-corrected chi connectivity index (χ3v) is 4.28. The lowest BCUT2D eigenvalue weighted by Gasteiger charge is -2.38. The number of benzene rings is 1. The summed E-state index contributed by atoms with van der Waals surface area (Å²) in [4.78, 5) is 11.4. The van der Waals surface area contributed by atoms with Gasteiger partial charge in [-0.15, -0.1) is 0 Å². The minimum atomic E-state index is -0.194. The van der Waals surface area contributed by atoms with E-state index in [-0.39, 0.29) is 17.2 Å². The van der Waals surface area contributed by atoms with Gasteiger partial charge in [0.15, 0.2) is 0 Å². The van der Waals surface area contributed by atoms with Crippen molar-refractivity contribution in [1.29, 1.82) is 0 Å². The lowest BCUT2D eigenvalue weighted by Crippen LogP contribution is -2.30. The number of carbonyl (C=O) groups excluding carboxylic acids is 1. The quantitative estimate of drug-likeness (QED) is 0.769. The molecule has 0 spiro atoms. The van der Waals surface area contributed by atoms with Crippen molar-refractivity contribution < 1.29 is 13.9 Å². The zero-order valence-corrected chi connectivity index (χ0v) is 11.5. The number of carbonyl (C=O) groups is 1. The van der Waals surface area contributed by atoms with Crippen LogP contribution >= 0.6 is 0 Å². The molecular formula is C16H21FO2. The van der Waals surface area contributed by atoms with E-state index in [0.29, 0.717) is 6.42 Å². The number of methoxy groups -OCH3 is 1. The number of hydrogen-bond donors (Lipinski definition) is 0. The highest BCUT2D eigenvalue weighted by Gasteiger charge is 2.34. The van der Waals surface area contributed by atoms with E-state index in [1.54, 1.807) is 12.1 Å². The second-order valence-corrected chi connectivity index (χ2v) is 5.43. The second-order valence-electron chi connectivity index (χ2n) is 5.43. The number of esters is 1. The fourth-order valence-corrected chi connectivity index (χ4v) is 3.17. The van der Waals surface area contributed by atoms with E-state index in [9.17, 15) is 9.18 Å². The van der Waals surface area contributed by atoms with E-state index in [0.717, 1.165) is 37.7 Å². The maximum absolute atomic E-state index is 13.5. The monoisotopic (exact) mass is 264 g/mol. The minimum absolute atomic E-state index is 0.0471. The largest absolute Gasteiger partial charge is 0.469 e. The highest BCUT2D eigenvalue weighted by Crippen LogP contribution is 2.43. The molecule has 1 fully saturated rings. The van der Waals surface area contributed by atoms with Gasteiger partial charge in [-0.3, -0.25) is 4.79 Å². The topological polar surface area (TPSA) is 26.3 Å². The number of ether oxygens (including phenoxy) is 1. The van der Waals surface area contributed by atoms with Gasteiger partial charge in [0.1, 0.15) is 5.82 Å². The third-order valence-electron chi connectivity index (χ3n) is 4.28. The first kappa shape index (κ1) is 14.0. The summed E-state index contributed by atoms with van der Waals surface area (Å²) in [5.74, 6) is -0.373. The van der Waals surface area contributed by atoms with Gasteiger partial charge in [-0.1, -0.05) is 31.4 Å².